The van der Waals surface area contributed by atoms with E-state index in [4.69, 9.17) is 19.9 Å². The zero-order valence-corrected chi connectivity index (χ0v) is 13.8. The van der Waals surface area contributed by atoms with E-state index in [-0.39, 0.29) is 6.04 Å². The smallest absolute Gasteiger partial charge is 0.203 e. The maximum atomic E-state index is 6.45. The van der Waals surface area contributed by atoms with Crippen molar-refractivity contribution in [2.75, 3.05) is 21.3 Å². The Morgan fingerprint density at radius 1 is 0.952 bits per heavy atom. The van der Waals surface area contributed by atoms with E-state index >= 15 is 0 Å². The van der Waals surface area contributed by atoms with Crippen LogP contribution in [-0.2, 0) is 0 Å². The van der Waals surface area contributed by atoms with E-state index in [0.717, 1.165) is 11.1 Å². The summed E-state index contributed by atoms with van der Waals surface area (Å²) < 4.78 is 16.2. The third kappa shape index (κ3) is 2.84. The number of ether oxygens (including phenoxy) is 3. The van der Waals surface area contributed by atoms with Crippen LogP contribution in [0.15, 0.2) is 18.2 Å². The van der Waals surface area contributed by atoms with Crippen molar-refractivity contribution in [2.45, 2.75) is 19.9 Å². The van der Waals surface area contributed by atoms with Crippen molar-refractivity contribution in [1.29, 1.82) is 0 Å². The first-order valence-electron chi connectivity index (χ1n) is 6.64. The summed E-state index contributed by atoms with van der Waals surface area (Å²) in [6.07, 6.45) is 0. The molecular formula is C16H21NO3S. The molecule has 0 saturated carbocycles. The van der Waals surface area contributed by atoms with Crippen LogP contribution in [0.2, 0.25) is 0 Å². The largest absolute Gasteiger partial charge is 0.493 e. The monoisotopic (exact) mass is 307 g/mol. The van der Waals surface area contributed by atoms with E-state index in [2.05, 4.69) is 19.9 Å². The minimum absolute atomic E-state index is 0.260. The fourth-order valence-electron chi connectivity index (χ4n) is 2.50. The van der Waals surface area contributed by atoms with E-state index in [1.807, 2.05) is 12.1 Å². The van der Waals surface area contributed by atoms with Gasteiger partial charge >= 0.3 is 0 Å². The van der Waals surface area contributed by atoms with Gasteiger partial charge in [-0.3, -0.25) is 0 Å². The van der Waals surface area contributed by atoms with Gasteiger partial charge < -0.3 is 19.9 Å². The van der Waals surface area contributed by atoms with Gasteiger partial charge in [-0.1, -0.05) is 0 Å². The maximum absolute atomic E-state index is 6.45. The Balaban J connectivity index is 2.55. The van der Waals surface area contributed by atoms with Gasteiger partial charge in [-0.2, -0.15) is 0 Å². The molecule has 0 aliphatic carbocycles. The van der Waals surface area contributed by atoms with Crippen LogP contribution >= 0.6 is 11.3 Å². The van der Waals surface area contributed by atoms with Gasteiger partial charge in [0.25, 0.3) is 0 Å². The molecule has 0 fully saturated rings. The van der Waals surface area contributed by atoms with E-state index in [1.165, 1.54) is 9.75 Å². The zero-order chi connectivity index (χ0) is 15.6. The fraction of sp³-hybridized carbons (Fsp3) is 0.375. The van der Waals surface area contributed by atoms with Gasteiger partial charge in [0.05, 0.1) is 27.4 Å². The van der Waals surface area contributed by atoms with Crippen LogP contribution in [0.1, 0.15) is 26.9 Å². The third-order valence-electron chi connectivity index (χ3n) is 3.48. The number of benzene rings is 1. The molecular weight excluding hydrogens is 286 g/mol. The molecule has 1 aromatic carbocycles. The molecule has 1 heterocycles. The number of methoxy groups -OCH3 is 3. The molecule has 2 rings (SSSR count). The summed E-state index contributed by atoms with van der Waals surface area (Å²) in [4.78, 5) is 2.47. The normalized spacial score (nSPS) is 12.1. The molecule has 1 atom stereocenters. The van der Waals surface area contributed by atoms with Crippen molar-refractivity contribution in [3.63, 3.8) is 0 Å². The maximum Gasteiger partial charge on any atom is 0.203 e. The Labute approximate surface area is 129 Å². The molecule has 1 unspecified atom stereocenters. The molecule has 114 valence electrons. The van der Waals surface area contributed by atoms with Crippen LogP contribution in [0.5, 0.6) is 17.2 Å². The van der Waals surface area contributed by atoms with Crippen molar-refractivity contribution in [2.24, 2.45) is 5.73 Å². The Kier molecular flexibility index (Phi) is 4.75. The molecule has 2 aromatic rings. The summed E-state index contributed by atoms with van der Waals surface area (Å²) in [5, 5.41) is 0. The Hall–Kier alpha value is -1.72. The van der Waals surface area contributed by atoms with Gasteiger partial charge in [0.15, 0.2) is 11.5 Å². The minimum Gasteiger partial charge on any atom is -0.493 e. The van der Waals surface area contributed by atoms with Crippen molar-refractivity contribution in [3.05, 3.63) is 39.1 Å². The number of thiophene rings is 1. The zero-order valence-electron chi connectivity index (χ0n) is 13.0. The predicted molar refractivity (Wildman–Crippen MR) is 85.9 cm³/mol. The highest BCUT2D eigenvalue weighted by Gasteiger charge is 2.22. The van der Waals surface area contributed by atoms with E-state index in [1.54, 1.807) is 32.7 Å². The highest BCUT2D eigenvalue weighted by atomic mass is 32.1. The van der Waals surface area contributed by atoms with Crippen LogP contribution in [-0.4, -0.2) is 21.3 Å². The number of hydrogen-bond acceptors (Lipinski definition) is 5. The Morgan fingerprint density at radius 2 is 1.62 bits per heavy atom. The van der Waals surface area contributed by atoms with E-state index in [0.29, 0.717) is 17.2 Å². The Bertz CT molecular complexity index is 637. The molecule has 21 heavy (non-hydrogen) atoms. The molecule has 0 amide bonds. The average molecular weight is 307 g/mol. The number of aryl methyl sites for hydroxylation is 2. The van der Waals surface area contributed by atoms with Crippen molar-refractivity contribution >= 4 is 11.3 Å². The number of rotatable bonds is 5. The van der Waals surface area contributed by atoms with E-state index < -0.39 is 0 Å². The van der Waals surface area contributed by atoms with Gasteiger partial charge in [0, 0.05) is 15.3 Å². The summed E-state index contributed by atoms with van der Waals surface area (Å²) in [6.45, 7) is 4.17. The predicted octanol–water partition coefficient (Wildman–Crippen LogP) is 3.44. The van der Waals surface area contributed by atoms with Crippen molar-refractivity contribution in [3.8, 4) is 17.2 Å². The quantitative estimate of drug-likeness (QED) is 0.919. The summed E-state index contributed by atoms with van der Waals surface area (Å²) in [7, 11) is 4.80. The summed E-state index contributed by atoms with van der Waals surface area (Å²) in [5.74, 6) is 1.81. The second-order valence-corrected chi connectivity index (χ2v) is 6.23. The molecule has 4 nitrogen and oxygen atoms in total. The summed E-state index contributed by atoms with van der Waals surface area (Å²) in [5.41, 5.74) is 8.45. The second kappa shape index (κ2) is 6.37. The van der Waals surface area contributed by atoms with Gasteiger partial charge in [-0.05, 0) is 37.6 Å². The molecule has 2 N–H and O–H groups in total. The third-order valence-corrected chi connectivity index (χ3v) is 4.47. The lowest BCUT2D eigenvalue weighted by atomic mass is 9.98. The molecule has 0 saturated heterocycles. The van der Waals surface area contributed by atoms with E-state index in [9.17, 15) is 0 Å². The van der Waals surface area contributed by atoms with Gasteiger partial charge in [0.1, 0.15) is 0 Å². The average Bonchev–Trinajstić information content (AvgIpc) is 2.83. The molecule has 0 spiro atoms. The topological polar surface area (TPSA) is 53.7 Å². The van der Waals surface area contributed by atoms with Crippen LogP contribution in [0.3, 0.4) is 0 Å². The lowest BCUT2D eigenvalue weighted by Crippen LogP contribution is -2.14. The fourth-order valence-corrected chi connectivity index (χ4v) is 3.47. The molecule has 5 heteroatoms. The molecule has 0 aliphatic heterocycles. The van der Waals surface area contributed by atoms with Gasteiger partial charge in [-0.15, -0.1) is 11.3 Å². The SMILES string of the molecule is COc1ccc(C(N)c2cc(C)sc2C)c(OC)c1OC. The first kappa shape index (κ1) is 15.7. The second-order valence-electron chi connectivity index (χ2n) is 4.77. The first-order valence-corrected chi connectivity index (χ1v) is 7.46. The minimum atomic E-state index is -0.260. The number of nitrogens with two attached hydrogens (primary N) is 1. The van der Waals surface area contributed by atoms with Crippen LogP contribution < -0.4 is 19.9 Å². The molecule has 0 radical (unpaired) electrons. The first-order chi connectivity index (χ1) is 10.0. The van der Waals surface area contributed by atoms with Crippen molar-refractivity contribution in [1.82, 2.24) is 0 Å². The summed E-state index contributed by atoms with van der Waals surface area (Å²) in [6, 6.07) is 5.65. The standard InChI is InChI=1S/C16H21NO3S/c1-9-8-12(10(2)21-9)14(17)11-6-7-13(18-3)16(20-5)15(11)19-4/h6-8,14H,17H2,1-5H3. The number of hydrogen-bond donors (Lipinski definition) is 1. The highest BCUT2D eigenvalue weighted by molar-refractivity contribution is 7.12. The summed E-state index contributed by atoms with van der Waals surface area (Å²) >= 11 is 1.75. The van der Waals surface area contributed by atoms with Gasteiger partial charge in [0.2, 0.25) is 5.75 Å². The molecule has 0 bridgehead atoms. The Morgan fingerprint density at radius 3 is 2.10 bits per heavy atom. The lowest BCUT2D eigenvalue weighted by Gasteiger charge is -2.19. The molecule has 1 aromatic heterocycles. The molecule has 0 aliphatic rings. The van der Waals surface area contributed by atoms with Crippen LogP contribution in [0.25, 0.3) is 0 Å². The van der Waals surface area contributed by atoms with Gasteiger partial charge in [-0.25, -0.2) is 0 Å². The van der Waals surface area contributed by atoms with Crippen LogP contribution in [0, 0.1) is 13.8 Å². The lowest BCUT2D eigenvalue weighted by molar-refractivity contribution is 0.321. The van der Waals surface area contributed by atoms with Crippen molar-refractivity contribution < 1.29 is 14.2 Å². The van der Waals surface area contributed by atoms with Crippen LogP contribution in [0.4, 0.5) is 0 Å². The highest BCUT2D eigenvalue weighted by Crippen LogP contribution is 2.43.